The van der Waals surface area contributed by atoms with E-state index in [0.717, 1.165) is 16.7 Å². The van der Waals surface area contributed by atoms with E-state index in [1.165, 1.54) is 11.8 Å². The molecule has 1 amide bonds. The summed E-state index contributed by atoms with van der Waals surface area (Å²) in [6, 6.07) is 7.45. The first-order valence-corrected chi connectivity index (χ1v) is 6.70. The van der Waals surface area contributed by atoms with Crippen molar-refractivity contribution >= 4 is 51.3 Å². The zero-order valence-electron chi connectivity index (χ0n) is 9.93. The summed E-state index contributed by atoms with van der Waals surface area (Å²) in [5.41, 5.74) is 0.720. The van der Waals surface area contributed by atoms with E-state index in [2.05, 4.69) is 5.32 Å². The highest BCUT2D eigenvalue weighted by Gasteiger charge is 2.22. The fourth-order valence-electron chi connectivity index (χ4n) is 1.78. The van der Waals surface area contributed by atoms with E-state index in [1.807, 2.05) is 24.3 Å². The Bertz CT molecular complexity index is 718. The molecule has 1 N–H and O–H groups in total. The molecule has 0 spiro atoms. The van der Waals surface area contributed by atoms with E-state index in [1.54, 1.807) is 13.2 Å². The van der Waals surface area contributed by atoms with Gasteiger partial charge in [0.2, 0.25) is 0 Å². The number of furan rings is 1. The normalized spacial score (nSPS) is 17.2. The Balaban J connectivity index is 2.00. The van der Waals surface area contributed by atoms with Crippen molar-refractivity contribution in [2.45, 2.75) is 0 Å². The quantitative estimate of drug-likeness (QED) is 0.681. The first-order valence-electron chi connectivity index (χ1n) is 5.48. The second kappa shape index (κ2) is 4.71. The molecule has 6 heteroatoms. The predicted molar refractivity (Wildman–Crippen MR) is 79.1 cm³/mol. The van der Waals surface area contributed by atoms with Gasteiger partial charge in [-0.2, -0.15) is 0 Å². The van der Waals surface area contributed by atoms with Gasteiger partial charge in [0.15, 0.2) is 0 Å². The van der Waals surface area contributed by atoms with Crippen molar-refractivity contribution < 1.29 is 13.9 Å². The van der Waals surface area contributed by atoms with E-state index >= 15 is 0 Å². The standard InChI is InChI=1S/C13H9NO3S2/c1-16-8-3-2-7-4-9(17-10(7)5-8)6-11-12(15)14-13(18)19-11/h2-6H,1H3,(H,14,15,18). The highest BCUT2D eigenvalue weighted by atomic mass is 32.2. The van der Waals surface area contributed by atoms with E-state index in [-0.39, 0.29) is 5.91 Å². The molecule has 0 aliphatic carbocycles. The Labute approximate surface area is 118 Å². The smallest absolute Gasteiger partial charge is 0.263 e. The molecule has 0 atom stereocenters. The number of amides is 1. The SMILES string of the molecule is COc1ccc2cc(C=C3SC(=S)NC3=O)oc2c1. The Morgan fingerprint density at radius 3 is 2.95 bits per heavy atom. The molecule has 4 nitrogen and oxygen atoms in total. The van der Waals surface area contributed by atoms with Gasteiger partial charge in [0, 0.05) is 17.5 Å². The summed E-state index contributed by atoms with van der Waals surface area (Å²) in [4.78, 5) is 12.1. The third kappa shape index (κ3) is 2.36. The number of fused-ring (bicyclic) bond motifs is 1. The number of ether oxygens (including phenoxy) is 1. The van der Waals surface area contributed by atoms with E-state index in [4.69, 9.17) is 21.4 Å². The Morgan fingerprint density at radius 2 is 2.26 bits per heavy atom. The number of thiocarbonyl (C=S) groups is 1. The molecule has 3 rings (SSSR count). The lowest BCUT2D eigenvalue weighted by Crippen LogP contribution is -2.17. The van der Waals surface area contributed by atoms with Crippen molar-refractivity contribution in [3.05, 3.63) is 34.9 Å². The molecule has 96 valence electrons. The number of hydrogen-bond acceptors (Lipinski definition) is 5. The summed E-state index contributed by atoms with van der Waals surface area (Å²) in [5.74, 6) is 1.16. The molecule has 0 radical (unpaired) electrons. The molecule has 2 heterocycles. The van der Waals surface area contributed by atoms with Crippen molar-refractivity contribution in [1.82, 2.24) is 5.32 Å². The van der Waals surface area contributed by atoms with Gasteiger partial charge in [-0.25, -0.2) is 0 Å². The van der Waals surface area contributed by atoms with Crippen molar-refractivity contribution in [3.63, 3.8) is 0 Å². The minimum Gasteiger partial charge on any atom is -0.497 e. The minimum atomic E-state index is -0.187. The van der Waals surface area contributed by atoms with E-state index in [9.17, 15) is 4.79 Å². The molecule has 1 fully saturated rings. The van der Waals surface area contributed by atoms with Gasteiger partial charge >= 0.3 is 0 Å². The Hall–Kier alpha value is -1.79. The minimum absolute atomic E-state index is 0.187. The lowest BCUT2D eigenvalue weighted by molar-refractivity contribution is -0.115. The average Bonchev–Trinajstić information content (AvgIpc) is 2.91. The summed E-state index contributed by atoms with van der Waals surface area (Å²) >= 11 is 6.16. The summed E-state index contributed by atoms with van der Waals surface area (Å²) in [7, 11) is 1.60. The number of methoxy groups -OCH3 is 1. The number of carbonyl (C=O) groups is 1. The van der Waals surface area contributed by atoms with Gasteiger partial charge in [0.05, 0.1) is 12.0 Å². The molecular formula is C13H9NO3S2. The molecule has 1 aliphatic rings. The van der Waals surface area contributed by atoms with Crippen LogP contribution in [0.1, 0.15) is 5.76 Å². The van der Waals surface area contributed by atoms with Gasteiger partial charge in [0.25, 0.3) is 5.91 Å². The Kier molecular flexibility index (Phi) is 3.04. The van der Waals surface area contributed by atoms with Crippen molar-refractivity contribution in [2.75, 3.05) is 7.11 Å². The van der Waals surface area contributed by atoms with Crippen LogP contribution in [0.4, 0.5) is 0 Å². The molecular weight excluding hydrogens is 282 g/mol. The molecule has 0 unspecified atom stereocenters. The van der Waals surface area contributed by atoms with Crippen LogP contribution in [-0.2, 0) is 4.79 Å². The van der Waals surface area contributed by atoms with Crippen LogP contribution < -0.4 is 10.1 Å². The summed E-state index contributed by atoms with van der Waals surface area (Å²) in [5, 5.41) is 3.52. The zero-order chi connectivity index (χ0) is 13.4. The molecule has 1 aromatic carbocycles. The predicted octanol–water partition coefficient (Wildman–Crippen LogP) is 2.93. The molecule has 1 saturated heterocycles. The van der Waals surface area contributed by atoms with Gasteiger partial charge in [0.1, 0.15) is 21.4 Å². The van der Waals surface area contributed by atoms with Crippen LogP contribution in [0.15, 0.2) is 33.6 Å². The average molecular weight is 291 g/mol. The monoisotopic (exact) mass is 291 g/mol. The van der Waals surface area contributed by atoms with E-state index in [0.29, 0.717) is 15.0 Å². The largest absolute Gasteiger partial charge is 0.497 e. The molecule has 0 bridgehead atoms. The van der Waals surface area contributed by atoms with Crippen molar-refractivity contribution in [2.24, 2.45) is 0 Å². The van der Waals surface area contributed by atoms with Gasteiger partial charge in [-0.1, -0.05) is 24.0 Å². The second-order valence-corrected chi connectivity index (χ2v) is 5.62. The van der Waals surface area contributed by atoms with Gasteiger partial charge in [-0.15, -0.1) is 0 Å². The molecule has 0 saturated carbocycles. The fourth-order valence-corrected chi connectivity index (χ4v) is 2.80. The van der Waals surface area contributed by atoms with Crippen LogP contribution in [-0.4, -0.2) is 17.3 Å². The second-order valence-electron chi connectivity index (χ2n) is 3.90. The number of benzene rings is 1. The maximum Gasteiger partial charge on any atom is 0.263 e. The van der Waals surface area contributed by atoms with Gasteiger partial charge in [-0.05, 0) is 18.2 Å². The maximum atomic E-state index is 11.6. The summed E-state index contributed by atoms with van der Waals surface area (Å²) < 4.78 is 11.3. The fraction of sp³-hybridized carbons (Fsp3) is 0.0769. The highest BCUT2D eigenvalue weighted by molar-refractivity contribution is 8.26. The third-order valence-corrected chi connectivity index (χ3v) is 3.82. The van der Waals surface area contributed by atoms with Crippen LogP contribution in [0.2, 0.25) is 0 Å². The first kappa shape index (κ1) is 12.3. The van der Waals surface area contributed by atoms with Crippen molar-refractivity contribution in [1.29, 1.82) is 0 Å². The maximum absolute atomic E-state index is 11.6. The summed E-state index contributed by atoms with van der Waals surface area (Å²) in [6.45, 7) is 0. The topological polar surface area (TPSA) is 51.5 Å². The van der Waals surface area contributed by atoms with Crippen LogP contribution in [0, 0.1) is 0 Å². The van der Waals surface area contributed by atoms with Crippen LogP contribution in [0.25, 0.3) is 17.0 Å². The first-order chi connectivity index (χ1) is 9.15. The molecule has 2 aromatic rings. The zero-order valence-corrected chi connectivity index (χ0v) is 11.6. The third-order valence-electron chi connectivity index (χ3n) is 2.66. The van der Waals surface area contributed by atoms with Crippen LogP contribution in [0.5, 0.6) is 5.75 Å². The van der Waals surface area contributed by atoms with Gasteiger partial charge < -0.3 is 14.5 Å². The number of thioether (sulfide) groups is 1. The van der Waals surface area contributed by atoms with Gasteiger partial charge in [-0.3, -0.25) is 4.79 Å². The molecule has 1 aliphatic heterocycles. The van der Waals surface area contributed by atoms with Crippen LogP contribution in [0.3, 0.4) is 0 Å². The number of hydrogen-bond donors (Lipinski definition) is 1. The summed E-state index contributed by atoms with van der Waals surface area (Å²) in [6.07, 6.45) is 1.69. The molecule has 1 aromatic heterocycles. The highest BCUT2D eigenvalue weighted by Crippen LogP contribution is 2.29. The van der Waals surface area contributed by atoms with Crippen LogP contribution >= 0.6 is 24.0 Å². The molecule has 19 heavy (non-hydrogen) atoms. The lowest BCUT2D eigenvalue weighted by atomic mass is 10.2. The van der Waals surface area contributed by atoms with E-state index < -0.39 is 0 Å². The Morgan fingerprint density at radius 1 is 1.42 bits per heavy atom. The van der Waals surface area contributed by atoms with Crippen molar-refractivity contribution in [3.8, 4) is 5.75 Å². The lowest BCUT2D eigenvalue weighted by Gasteiger charge is -1.96. The number of rotatable bonds is 2. The number of nitrogens with one attached hydrogen (secondary N) is 1. The number of carbonyl (C=O) groups excluding carboxylic acids is 1.